The van der Waals surface area contributed by atoms with E-state index in [4.69, 9.17) is 4.74 Å². The summed E-state index contributed by atoms with van der Waals surface area (Å²) in [7, 11) is 3.58. The Balaban J connectivity index is 0. The Morgan fingerprint density at radius 3 is 2.38 bits per heavy atom. The van der Waals surface area contributed by atoms with Gasteiger partial charge < -0.3 is 15.4 Å². The lowest BCUT2D eigenvalue weighted by Gasteiger charge is -2.23. The maximum Gasteiger partial charge on any atom is 0.191 e. The first kappa shape index (κ1) is 23.2. The molecule has 0 rings (SSSR count). The maximum absolute atomic E-state index is 5.04. The summed E-state index contributed by atoms with van der Waals surface area (Å²) < 4.78 is 5.04. The molecule has 0 aromatic carbocycles. The van der Waals surface area contributed by atoms with Crippen molar-refractivity contribution in [3.05, 3.63) is 0 Å². The molecule has 128 valence electrons. The molecule has 0 fully saturated rings. The fourth-order valence-corrected chi connectivity index (χ4v) is 1.90. The number of rotatable bonds is 9. The van der Waals surface area contributed by atoms with Crippen molar-refractivity contribution in [3.8, 4) is 0 Å². The summed E-state index contributed by atoms with van der Waals surface area (Å²) in [6.45, 7) is 10.9. The van der Waals surface area contributed by atoms with E-state index in [9.17, 15) is 0 Å². The fourth-order valence-electron chi connectivity index (χ4n) is 1.90. The molecule has 0 amide bonds. The van der Waals surface area contributed by atoms with Crippen molar-refractivity contribution in [1.29, 1.82) is 0 Å². The van der Waals surface area contributed by atoms with Crippen LogP contribution in [-0.4, -0.2) is 39.3 Å². The summed E-state index contributed by atoms with van der Waals surface area (Å²) in [6, 6.07) is 0.453. The Morgan fingerprint density at radius 2 is 1.86 bits per heavy atom. The summed E-state index contributed by atoms with van der Waals surface area (Å²) in [5.74, 6) is 0.915. The van der Waals surface area contributed by atoms with E-state index < -0.39 is 0 Å². The van der Waals surface area contributed by atoms with Crippen molar-refractivity contribution in [2.75, 3.05) is 27.3 Å². The highest BCUT2D eigenvalue weighted by molar-refractivity contribution is 14.0. The van der Waals surface area contributed by atoms with Gasteiger partial charge in [0.15, 0.2) is 5.96 Å². The summed E-state index contributed by atoms with van der Waals surface area (Å²) in [5, 5.41) is 6.83. The van der Waals surface area contributed by atoms with Crippen LogP contribution in [0.15, 0.2) is 4.99 Å². The number of nitrogens with zero attached hydrogens (tertiary/aromatic N) is 1. The van der Waals surface area contributed by atoms with Crippen LogP contribution in [-0.2, 0) is 4.74 Å². The van der Waals surface area contributed by atoms with Crippen molar-refractivity contribution >= 4 is 29.9 Å². The van der Waals surface area contributed by atoms with Gasteiger partial charge in [0, 0.05) is 33.4 Å². The van der Waals surface area contributed by atoms with Crippen LogP contribution < -0.4 is 10.6 Å². The Labute approximate surface area is 148 Å². The lowest BCUT2D eigenvalue weighted by Crippen LogP contribution is -2.42. The smallest absolute Gasteiger partial charge is 0.191 e. The van der Waals surface area contributed by atoms with E-state index in [1.807, 2.05) is 7.05 Å². The third-order valence-electron chi connectivity index (χ3n) is 3.25. The number of unbranched alkanes of at least 4 members (excludes halogenated alkanes) is 2. The van der Waals surface area contributed by atoms with Crippen molar-refractivity contribution < 1.29 is 4.74 Å². The minimum Gasteiger partial charge on any atom is -0.385 e. The number of methoxy groups -OCH3 is 1. The number of halogens is 1. The number of guanidine groups is 1. The molecule has 0 heterocycles. The van der Waals surface area contributed by atoms with E-state index in [1.54, 1.807) is 7.11 Å². The molecule has 0 saturated carbocycles. The van der Waals surface area contributed by atoms with Crippen LogP contribution in [0.1, 0.15) is 59.8 Å². The molecule has 0 aliphatic rings. The van der Waals surface area contributed by atoms with E-state index in [1.165, 1.54) is 12.8 Å². The van der Waals surface area contributed by atoms with Gasteiger partial charge in [-0.1, -0.05) is 20.8 Å². The summed E-state index contributed by atoms with van der Waals surface area (Å²) in [4.78, 5) is 4.28. The Morgan fingerprint density at radius 1 is 1.19 bits per heavy atom. The molecule has 0 aliphatic heterocycles. The molecule has 1 unspecified atom stereocenters. The van der Waals surface area contributed by atoms with Crippen molar-refractivity contribution in [2.24, 2.45) is 10.4 Å². The molecule has 5 heteroatoms. The standard InChI is InChI=1S/C16H35N3O.HI/c1-14(10-11-16(2,3)4)19-15(17-5)18-12-8-7-9-13-20-6;/h14H,7-13H2,1-6H3,(H2,17,18,19);1H. The largest absolute Gasteiger partial charge is 0.385 e. The summed E-state index contributed by atoms with van der Waals surface area (Å²) in [6.07, 6.45) is 5.86. The summed E-state index contributed by atoms with van der Waals surface area (Å²) >= 11 is 0. The van der Waals surface area contributed by atoms with Crippen LogP contribution in [0.3, 0.4) is 0 Å². The molecule has 0 spiro atoms. The molecule has 4 nitrogen and oxygen atoms in total. The second-order valence-corrected chi connectivity index (χ2v) is 6.70. The van der Waals surface area contributed by atoms with Crippen LogP contribution in [0.2, 0.25) is 0 Å². The van der Waals surface area contributed by atoms with Gasteiger partial charge in [-0.25, -0.2) is 0 Å². The predicted molar refractivity (Wildman–Crippen MR) is 104 cm³/mol. The number of nitrogens with one attached hydrogen (secondary N) is 2. The number of hydrogen-bond acceptors (Lipinski definition) is 2. The van der Waals surface area contributed by atoms with Crippen LogP contribution >= 0.6 is 24.0 Å². The molecule has 0 radical (unpaired) electrons. The first-order valence-corrected chi connectivity index (χ1v) is 7.85. The molecular formula is C16H36IN3O. The molecule has 0 aromatic rings. The highest BCUT2D eigenvalue weighted by Gasteiger charge is 2.13. The van der Waals surface area contributed by atoms with Crippen molar-refractivity contribution in [2.45, 2.75) is 65.8 Å². The molecule has 0 bridgehead atoms. The van der Waals surface area contributed by atoms with E-state index in [0.717, 1.165) is 38.4 Å². The van der Waals surface area contributed by atoms with Gasteiger partial charge in [-0.05, 0) is 44.4 Å². The van der Waals surface area contributed by atoms with Crippen LogP contribution in [0, 0.1) is 5.41 Å². The quantitative estimate of drug-likeness (QED) is 0.262. The fraction of sp³-hybridized carbons (Fsp3) is 0.938. The minimum absolute atomic E-state index is 0. The Kier molecular flexibility index (Phi) is 15.1. The van der Waals surface area contributed by atoms with Gasteiger partial charge in [0.1, 0.15) is 0 Å². The predicted octanol–water partition coefficient (Wildman–Crippen LogP) is 3.80. The second kappa shape index (κ2) is 13.6. The van der Waals surface area contributed by atoms with Gasteiger partial charge in [0.25, 0.3) is 0 Å². The Bertz CT molecular complexity index is 265. The normalized spacial score (nSPS) is 13.5. The van der Waals surface area contributed by atoms with Gasteiger partial charge in [-0.2, -0.15) is 0 Å². The zero-order valence-corrected chi connectivity index (χ0v) is 17.1. The van der Waals surface area contributed by atoms with E-state index in [0.29, 0.717) is 11.5 Å². The van der Waals surface area contributed by atoms with Crippen LogP contribution in [0.5, 0.6) is 0 Å². The zero-order valence-electron chi connectivity index (χ0n) is 14.8. The first-order chi connectivity index (χ1) is 9.39. The zero-order chi connectivity index (χ0) is 15.4. The summed E-state index contributed by atoms with van der Waals surface area (Å²) in [5.41, 5.74) is 0.397. The molecule has 0 saturated heterocycles. The molecule has 21 heavy (non-hydrogen) atoms. The lowest BCUT2D eigenvalue weighted by atomic mass is 9.89. The average molecular weight is 413 g/mol. The van der Waals surface area contributed by atoms with E-state index >= 15 is 0 Å². The van der Waals surface area contributed by atoms with Gasteiger partial charge in [-0.3, -0.25) is 4.99 Å². The molecule has 0 aliphatic carbocycles. The van der Waals surface area contributed by atoms with Gasteiger partial charge >= 0.3 is 0 Å². The van der Waals surface area contributed by atoms with E-state index in [-0.39, 0.29) is 24.0 Å². The highest BCUT2D eigenvalue weighted by atomic mass is 127. The second-order valence-electron chi connectivity index (χ2n) is 6.70. The van der Waals surface area contributed by atoms with Crippen molar-refractivity contribution in [3.63, 3.8) is 0 Å². The SMILES string of the molecule is CN=C(NCCCCCOC)NC(C)CCC(C)(C)C.I. The first-order valence-electron chi connectivity index (χ1n) is 7.85. The highest BCUT2D eigenvalue weighted by Crippen LogP contribution is 2.21. The number of aliphatic imine (C=N–C) groups is 1. The maximum atomic E-state index is 5.04. The molecule has 0 aromatic heterocycles. The lowest BCUT2D eigenvalue weighted by molar-refractivity contribution is 0.192. The van der Waals surface area contributed by atoms with Crippen LogP contribution in [0.4, 0.5) is 0 Å². The van der Waals surface area contributed by atoms with Crippen LogP contribution in [0.25, 0.3) is 0 Å². The van der Waals surface area contributed by atoms with E-state index in [2.05, 4.69) is 43.3 Å². The average Bonchev–Trinajstić information content (AvgIpc) is 2.38. The Hall–Kier alpha value is -0.0400. The van der Waals surface area contributed by atoms with Gasteiger partial charge in [0.05, 0.1) is 0 Å². The third-order valence-corrected chi connectivity index (χ3v) is 3.25. The number of hydrogen-bond donors (Lipinski definition) is 2. The monoisotopic (exact) mass is 413 g/mol. The van der Waals surface area contributed by atoms with Crippen molar-refractivity contribution in [1.82, 2.24) is 10.6 Å². The van der Waals surface area contributed by atoms with Gasteiger partial charge in [0.2, 0.25) is 0 Å². The van der Waals surface area contributed by atoms with Gasteiger partial charge in [-0.15, -0.1) is 24.0 Å². The third kappa shape index (κ3) is 16.2. The molecular weight excluding hydrogens is 377 g/mol. The minimum atomic E-state index is 0. The molecule has 1 atom stereocenters. The topological polar surface area (TPSA) is 45.7 Å². The number of ether oxygens (including phenoxy) is 1. The molecule has 2 N–H and O–H groups in total.